The lowest BCUT2D eigenvalue weighted by molar-refractivity contribution is -0.144. The zero-order valence-electron chi connectivity index (χ0n) is 19.5. The minimum atomic E-state index is -3.35. The third-order valence-electron chi connectivity index (χ3n) is 6.60. The highest BCUT2D eigenvalue weighted by molar-refractivity contribution is 7.92. The maximum Gasteiger partial charge on any atom is 0.344 e. The Labute approximate surface area is 203 Å². The molecule has 0 radical (unpaired) electrons. The zero-order valence-corrected chi connectivity index (χ0v) is 20.4. The first-order valence-corrected chi connectivity index (χ1v) is 13.5. The summed E-state index contributed by atoms with van der Waals surface area (Å²) in [6.07, 6.45) is 4.72. The summed E-state index contributed by atoms with van der Waals surface area (Å²) in [5, 5.41) is 1.02. The van der Waals surface area contributed by atoms with Gasteiger partial charge in [0, 0.05) is 29.5 Å². The maximum absolute atomic E-state index is 12.6. The van der Waals surface area contributed by atoms with E-state index in [4.69, 9.17) is 13.9 Å². The molecule has 8 nitrogen and oxygen atoms in total. The van der Waals surface area contributed by atoms with Crippen LogP contribution in [0, 0.1) is 0 Å². The molecule has 0 bridgehead atoms. The molecule has 35 heavy (non-hydrogen) atoms. The van der Waals surface area contributed by atoms with Crippen molar-refractivity contribution in [3.63, 3.8) is 0 Å². The fourth-order valence-corrected chi connectivity index (χ4v) is 5.89. The third kappa shape index (κ3) is 4.65. The molecule has 0 amide bonds. The van der Waals surface area contributed by atoms with Crippen molar-refractivity contribution in [1.29, 1.82) is 0 Å². The van der Waals surface area contributed by atoms with Crippen LogP contribution in [-0.4, -0.2) is 45.7 Å². The summed E-state index contributed by atoms with van der Waals surface area (Å²) >= 11 is 0. The summed E-state index contributed by atoms with van der Waals surface area (Å²) in [4.78, 5) is 24.7. The number of sulfonamides is 1. The second kappa shape index (κ2) is 9.37. The van der Waals surface area contributed by atoms with Gasteiger partial charge in [0.05, 0.1) is 11.4 Å². The number of fused-ring (bicyclic) bond motifs is 4. The van der Waals surface area contributed by atoms with Crippen molar-refractivity contribution in [3.8, 4) is 5.75 Å². The summed E-state index contributed by atoms with van der Waals surface area (Å²) in [6.45, 7) is 1.24. The minimum Gasteiger partial charge on any atom is -0.482 e. The summed E-state index contributed by atoms with van der Waals surface area (Å²) < 4.78 is 42.5. The number of aryl methyl sites for hydroxylation is 2. The molecule has 0 spiro atoms. The van der Waals surface area contributed by atoms with E-state index in [0.29, 0.717) is 30.0 Å². The molecule has 1 aliphatic heterocycles. The van der Waals surface area contributed by atoms with Gasteiger partial charge in [0.2, 0.25) is 10.0 Å². The summed E-state index contributed by atoms with van der Waals surface area (Å²) in [7, 11) is -3.35. The van der Waals surface area contributed by atoms with Crippen LogP contribution in [0.25, 0.3) is 11.0 Å². The lowest BCUT2D eigenvalue weighted by Gasteiger charge is -2.18. The van der Waals surface area contributed by atoms with Crippen molar-refractivity contribution in [3.05, 3.63) is 58.8 Å². The standard InChI is InChI=1S/C26H27NO7S/c1-2-35(30,31)27-12-11-17-13-18(7-9-22(17)27)23(28)15-33-26(29)16-32-19-8-10-25-21(14-19)20-5-3-4-6-24(20)34-25/h7-10,13-14H,2-6,11-12,15-16H2,1H3. The fourth-order valence-electron chi connectivity index (χ4n) is 4.73. The summed E-state index contributed by atoms with van der Waals surface area (Å²) in [5.74, 6) is 0.592. The second-order valence-corrected chi connectivity index (χ2v) is 11.0. The van der Waals surface area contributed by atoms with Crippen molar-refractivity contribution >= 4 is 38.4 Å². The molecule has 0 saturated carbocycles. The van der Waals surface area contributed by atoms with Crippen molar-refractivity contribution in [2.45, 2.75) is 39.0 Å². The Balaban J connectivity index is 1.16. The first-order valence-electron chi connectivity index (χ1n) is 11.8. The number of esters is 1. The molecular formula is C26H27NO7S. The molecule has 5 rings (SSSR count). The number of ketones is 1. The van der Waals surface area contributed by atoms with Gasteiger partial charge in [0.25, 0.3) is 0 Å². The molecule has 2 aromatic carbocycles. The highest BCUT2D eigenvalue weighted by Crippen LogP contribution is 2.34. The van der Waals surface area contributed by atoms with Gasteiger partial charge < -0.3 is 13.9 Å². The van der Waals surface area contributed by atoms with Crippen molar-refractivity contribution < 1.29 is 31.9 Å². The van der Waals surface area contributed by atoms with Gasteiger partial charge in [-0.15, -0.1) is 0 Å². The number of rotatable bonds is 8. The van der Waals surface area contributed by atoms with Gasteiger partial charge in [-0.25, -0.2) is 13.2 Å². The monoisotopic (exact) mass is 497 g/mol. The first-order chi connectivity index (χ1) is 16.9. The van der Waals surface area contributed by atoms with Crippen LogP contribution in [0.15, 0.2) is 40.8 Å². The molecule has 2 heterocycles. The number of carbonyl (C=O) groups excluding carboxylic acids is 2. The van der Waals surface area contributed by atoms with Crippen molar-refractivity contribution in [2.24, 2.45) is 0 Å². The van der Waals surface area contributed by atoms with Crippen LogP contribution in [0.5, 0.6) is 5.75 Å². The van der Waals surface area contributed by atoms with E-state index in [1.807, 2.05) is 12.1 Å². The smallest absolute Gasteiger partial charge is 0.344 e. The van der Waals surface area contributed by atoms with Gasteiger partial charge >= 0.3 is 5.97 Å². The number of nitrogens with zero attached hydrogens (tertiary/aromatic N) is 1. The lowest BCUT2D eigenvalue weighted by atomic mass is 9.96. The van der Waals surface area contributed by atoms with E-state index in [9.17, 15) is 18.0 Å². The first kappa shape index (κ1) is 23.4. The Morgan fingerprint density at radius 1 is 1.03 bits per heavy atom. The molecule has 0 fully saturated rings. The second-order valence-electron chi connectivity index (χ2n) is 8.81. The predicted octanol–water partition coefficient (Wildman–Crippen LogP) is 3.83. The van der Waals surface area contributed by atoms with Crippen LogP contribution in [0.2, 0.25) is 0 Å². The van der Waals surface area contributed by atoms with E-state index in [0.717, 1.165) is 48.0 Å². The largest absolute Gasteiger partial charge is 0.482 e. The molecule has 0 saturated heterocycles. The highest BCUT2D eigenvalue weighted by Gasteiger charge is 2.28. The Morgan fingerprint density at radius 3 is 2.69 bits per heavy atom. The average Bonchev–Trinajstić information content (AvgIpc) is 3.47. The molecule has 0 unspecified atom stereocenters. The fraction of sp³-hybridized carbons (Fsp3) is 0.385. The Kier molecular flexibility index (Phi) is 6.27. The quantitative estimate of drug-likeness (QED) is 0.344. The summed E-state index contributed by atoms with van der Waals surface area (Å²) in [5.41, 5.74) is 3.81. The molecule has 0 atom stereocenters. The van der Waals surface area contributed by atoms with Gasteiger partial charge in [-0.1, -0.05) is 0 Å². The van der Waals surface area contributed by atoms with E-state index in [2.05, 4.69) is 0 Å². The molecule has 1 aliphatic carbocycles. The lowest BCUT2D eigenvalue weighted by Crippen LogP contribution is -2.30. The molecule has 3 aromatic rings. The van der Waals surface area contributed by atoms with E-state index in [-0.39, 0.29) is 18.1 Å². The van der Waals surface area contributed by atoms with Gasteiger partial charge in [-0.2, -0.15) is 0 Å². The van der Waals surface area contributed by atoms with Crippen LogP contribution < -0.4 is 9.04 Å². The number of anilines is 1. The molecule has 0 N–H and O–H groups in total. The van der Waals surface area contributed by atoms with Crippen molar-refractivity contribution in [2.75, 3.05) is 29.8 Å². The number of hydrogen-bond acceptors (Lipinski definition) is 7. The molecule has 2 aliphatic rings. The Bertz CT molecular complexity index is 1410. The number of furan rings is 1. The maximum atomic E-state index is 12.6. The minimum absolute atomic E-state index is 0.0171. The van der Waals surface area contributed by atoms with Crippen LogP contribution in [0.4, 0.5) is 5.69 Å². The summed E-state index contributed by atoms with van der Waals surface area (Å²) in [6, 6.07) is 10.4. The van der Waals surface area contributed by atoms with Crippen molar-refractivity contribution in [1.82, 2.24) is 0 Å². The van der Waals surface area contributed by atoms with Crippen LogP contribution in [-0.2, 0) is 38.8 Å². The van der Waals surface area contributed by atoms with Gasteiger partial charge in [-0.05, 0) is 74.6 Å². The molecular weight excluding hydrogens is 470 g/mol. The van der Waals surface area contributed by atoms with Crippen LogP contribution >= 0.6 is 0 Å². The number of Topliss-reactive ketones (excluding diaryl/α,β-unsaturated/α-hetero) is 1. The van der Waals surface area contributed by atoms with E-state index in [1.165, 1.54) is 9.87 Å². The number of carbonyl (C=O) groups is 2. The Hall–Kier alpha value is -3.33. The topological polar surface area (TPSA) is 103 Å². The highest BCUT2D eigenvalue weighted by atomic mass is 32.2. The predicted molar refractivity (Wildman–Crippen MR) is 131 cm³/mol. The van der Waals surface area contributed by atoms with E-state index < -0.39 is 22.6 Å². The number of ether oxygens (including phenoxy) is 2. The van der Waals surface area contributed by atoms with Gasteiger partial charge in [0.1, 0.15) is 17.1 Å². The van der Waals surface area contributed by atoms with Crippen LogP contribution in [0.3, 0.4) is 0 Å². The van der Waals surface area contributed by atoms with E-state index >= 15 is 0 Å². The SMILES string of the molecule is CCS(=O)(=O)N1CCc2cc(C(=O)COC(=O)COc3ccc4oc5c(c4c3)CCCC5)ccc21. The van der Waals surface area contributed by atoms with Gasteiger partial charge in [0.15, 0.2) is 19.0 Å². The Morgan fingerprint density at radius 2 is 1.86 bits per heavy atom. The number of benzene rings is 2. The van der Waals surface area contributed by atoms with E-state index in [1.54, 1.807) is 31.2 Å². The molecule has 184 valence electrons. The normalized spacial score (nSPS) is 15.1. The third-order valence-corrected chi connectivity index (χ3v) is 8.38. The average molecular weight is 498 g/mol. The zero-order chi connectivity index (χ0) is 24.6. The van der Waals surface area contributed by atoms with Gasteiger partial charge in [-0.3, -0.25) is 9.10 Å². The molecule has 9 heteroatoms. The number of hydrogen-bond donors (Lipinski definition) is 0. The van der Waals surface area contributed by atoms with Crippen LogP contribution in [0.1, 0.15) is 47.0 Å². The molecule has 1 aromatic heterocycles.